The first-order valence-corrected chi connectivity index (χ1v) is 11.6. The van der Waals surface area contributed by atoms with Crippen LogP contribution in [-0.2, 0) is 14.4 Å². The molecule has 0 radical (unpaired) electrons. The Hall–Kier alpha value is -3.59. The summed E-state index contributed by atoms with van der Waals surface area (Å²) in [7, 11) is 0. The van der Waals surface area contributed by atoms with E-state index < -0.39 is 11.8 Å². The van der Waals surface area contributed by atoms with Gasteiger partial charge >= 0.3 is 11.8 Å². The summed E-state index contributed by atoms with van der Waals surface area (Å²) in [6, 6.07) is 8.73. The van der Waals surface area contributed by atoms with Crippen LogP contribution in [-0.4, -0.2) is 43.2 Å². The molecule has 1 atom stereocenters. The Morgan fingerprint density at radius 1 is 1.09 bits per heavy atom. The standard InChI is InChI=1S/C25H31ClN4O5/c1-6-17(5)28-24(32)25(33)30-27-13-18-11-19(26)23(21(12-18)34-7-2)35-14-22(31)29-20-9-8-15(3)10-16(20)4/h8-13,17H,6-7,14H2,1-5H3,(H,28,32)(H,29,31)(H,30,33)/b27-13-/t17-/m0/s1. The van der Waals surface area contributed by atoms with Crippen LogP contribution < -0.4 is 25.5 Å². The zero-order valence-electron chi connectivity index (χ0n) is 20.5. The highest BCUT2D eigenvalue weighted by Crippen LogP contribution is 2.36. The molecule has 0 aromatic heterocycles. The Bertz CT molecular complexity index is 1100. The average molecular weight is 503 g/mol. The van der Waals surface area contributed by atoms with Gasteiger partial charge in [-0.2, -0.15) is 5.10 Å². The SMILES string of the molecule is CCOc1cc(/C=N\NC(=O)C(=O)N[C@@H](C)CC)cc(Cl)c1OCC(=O)Nc1ccc(C)cc1C. The molecule has 188 valence electrons. The summed E-state index contributed by atoms with van der Waals surface area (Å²) in [6.45, 7) is 9.42. The molecule has 0 aliphatic carbocycles. The minimum Gasteiger partial charge on any atom is -0.490 e. The Labute approximate surface area is 210 Å². The minimum absolute atomic E-state index is 0.125. The lowest BCUT2D eigenvalue weighted by Crippen LogP contribution is -2.41. The molecule has 0 aliphatic rings. The van der Waals surface area contributed by atoms with E-state index in [4.69, 9.17) is 21.1 Å². The summed E-state index contributed by atoms with van der Waals surface area (Å²) in [5, 5.41) is 9.35. The fourth-order valence-electron chi connectivity index (χ4n) is 2.95. The van der Waals surface area contributed by atoms with E-state index >= 15 is 0 Å². The maximum atomic E-state index is 12.4. The van der Waals surface area contributed by atoms with E-state index in [-0.39, 0.29) is 29.3 Å². The monoisotopic (exact) mass is 502 g/mol. The zero-order chi connectivity index (χ0) is 26.0. The number of carbonyl (C=O) groups excluding carboxylic acids is 3. The van der Waals surface area contributed by atoms with Crippen LogP contribution in [0.4, 0.5) is 5.69 Å². The lowest BCUT2D eigenvalue weighted by molar-refractivity contribution is -0.139. The van der Waals surface area contributed by atoms with Crippen molar-refractivity contribution in [2.24, 2.45) is 5.10 Å². The summed E-state index contributed by atoms with van der Waals surface area (Å²) < 4.78 is 11.3. The van der Waals surface area contributed by atoms with Gasteiger partial charge in [-0.25, -0.2) is 5.43 Å². The maximum Gasteiger partial charge on any atom is 0.329 e. The fraction of sp³-hybridized carbons (Fsp3) is 0.360. The minimum atomic E-state index is -0.882. The van der Waals surface area contributed by atoms with Gasteiger partial charge < -0.3 is 20.1 Å². The van der Waals surface area contributed by atoms with E-state index in [1.165, 1.54) is 12.3 Å². The second-order valence-electron chi connectivity index (χ2n) is 7.90. The van der Waals surface area contributed by atoms with Gasteiger partial charge in [0.2, 0.25) is 0 Å². The van der Waals surface area contributed by atoms with E-state index in [1.54, 1.807) is 19.9 Å². The van der Waals surface area contributed by atoms with E-state index in [2.05, 4.69) is 21.2 Å². The van der Waals surface area contributed by atoms with Crippen LogP contribution >= 0.6 is 11.6 Å². The molecule has 0 unspecified atom stereocenters. The molecule has 0 saturated carbocycles. The van der Waals surface area contributed by atoms with Crippen molar-refractivity contribution in [1.29, 1.82) is 0 Å². The van der Waals surface area contributed by atoms with Gasteiger partial charge in [0, 0.05) is 11.7 Å². The van der Waals surface area contributed by atoms with E-state index in [9.17, 15) is 14.4 Å². The number of amides is 3. The predicted octanol–water partition coefficient (Wildman–Crippen LogP) is 3.74. The average Bonchev–Trinajstić information content (AvgIpc) is 2.80. The molecule has 0 bridgehead atoms. The number of anilines is 1. The number of rotatable bonds is 10. The maximum absolute atomic E-state index is 12.4. The molecule has 2 rings (SSSR count). The first-order valence-electron chi connectivity index (χ1n) is 11.2. The quantitative estimate of drug-likeness (QED) is 0.260. The van der Waals surface area contributed by atoms with Crippen LogP contribution in [0.5, 0.6) is 11.5 Å². The molecular formula is C25H31ClN4O5. The van der Waals surface area contributed by atoms with E-state index in [0.29, 0.717) is 30.0 Å². The summed E-state index contributed by atoms with van der Waals surface area (Å²) >= 11 is 6.37. The van der Waals surface area contributed by atoms with Crippen molar-refractivity contribution in [3.63, 3.8) is 0 Å². The van der Waals surface area contributed by atoms with Gasteiger partial charge in [0.1, 0.15) is 0 Å². The third-order valence-corrected chi connectivity index (χ3v) is 5.19. The molecule has 0 saturated heterocycles. The van der Waals surface area contributed by atoms with Crippen LogP contribution in [0, 0.1) is 13.8 Å². The molecule has 2 aromatic carbocycles. The smallest absolute Gasteiger partial charge is 0.329 e. The van der Waals surface area contributed by atoms with Gasteiger partial charge in [0.15, 0.2) is 18.1 Å². The van der Waals surface area contributed by atoms with Gasteiger partial charge in [-0.1, -0.05) is 36.2 Å². The van der Waals surface area contributed by atoms with Crippen molar-refractivity contribution in [3.8, 4) is 11.5 Å². The van der Waals surface area contributed by atoms with Crippen LogP contribution in [0.25, 0.3) is 0 Å². The van der Waals surface area contributed by atoms with Crippen LogP contribution in [0.15, 0.2) is 35.4 Å². The highest BCUT2D eigenvalue weighted by Gasteiger charge is 2.16. The van der Waals surface area contributed by atoms with Gasteiger partial charge in [0.25, 0.3) is 5.91 Å². The molecule has 0 spiro atoms. The van der Waals surface area contributed by atoms with Crippen LogP contribution in [0.3, 0.4) is 0 Å². The highest BCUT2D eigenvalue weighted by molar-refractivity contribution is 6.35. The zero-order valence-corrected chi connectivity index (χ0v) is 21.3. The molecule has 0 heterocycles. The Morgan fingerprint density at radius 3 is 2.49 bits per heavy atom. The summed E-state index contributed by atoms with van der Waals surface area (Å²) in [5.74, 6) is -1.49. The molecule has 9 nitrogen and oxygen atoms in total. The van der Waals surface area contributed by atoms with Gasteiger partial charge in [-0.15, -0.1) is 0 Å². The molecule has 10 heteroatoms. The number of nitrogens with zero attached hydrogens (tertiary/aromatic N) is 1. The van der Waals surface area contributed by atoms with Gasteiger partial charge in [-0.05, 0) is 63.4 Å². The second-order valence-corrected chi connectivity index (χ2v) is 8.31. The van der Waals surface area contributed by atoms with Crippen molar-refractivity contribution >= 4 is 41.2 Å². The summed E-state index contributed by atoms with van der Waals surface area (Å²) in [6.07, 6.45) is 2.02. The first kappa shape index (κ1) is 27.7. The van der Waals surface area contributed by atoms with E-state index in [1.807, 2.05) is 39.0 Å². The summed E-state index contributed by atoms with van der Waals surface area (Å²) in [5.41, 5.74) is 5.41. The first-order chi connectivity index (χ1) is 16.6. The number of hydrogen-bond donors (Lipinski definition) is 3. The number of aryl methyl sites for hydroxylation is 2. The molecule has 0 fully saturated rings. The van der Waals surface area contributed by atoms with Crippen LogP contribution in [0.1, 0.15) is 43.9 Å². The molecule has 0 aliphatic heterocycles. The molecular weight excluding hydrogens is 472 g/mol. The third kappa shape index (κ3) is 8.60. The van der Waals surface area contributed by atoms with Crippen molar-refractivity contribution in [1.82, 2.24) is 10.7 Å². The van der Waals surface area contributed by atoms with Crippen LogP contribution in [0.2, 0.25) is 5.02 Å². The second kappa shape index (κ2) is 13.3. The highest BCUT2D eigenvalue weighted by atomic mass is 35.5. The van der Waals surface area contributed by atoms with Gasteiger partial charge in [0.05, 0.1) is 17.8 Å². The van der Waals surface area contributed by atoms with Crippen molar-refractivity contribution < 1.29 is 23.9 Å². The van der Waals surface area contributed by atoms with Crippen molar-refractivity contribution in [2.75, 3.05) is 18.5 Å². The third-order valence-electron chi connectivity index (χ3n) is 4.91. The topological polar surface area (TPSA) is 118 Å². The largest absolute Gasteiger partial charge is 0.490 e. The Balaban J connectivity index is 2.05. The van der Waals surface area contributed by atoms with Gasteiger partial charge in [-0.3, -0.25) is 14.4 Å². The molecule has 3 amide bonds. The fourth-order valence-corrected chi connectivity index (χ4v) is 3.22. The van der Waals surface area contributed by atoms with Crippen molar-refractivity contribution in [3.05, 3.63) is 52.0 Å². The lowest BCUT2D eigenvalue weighted by atomic mass is 10.1. The van der Waals surface area contributed by atoms with E-state index in [0.717, 1.165) is 11.1 Å². The molecule has 2 aromatic rings. The Kier molecular flexibility index (Phi) is 10.5. The summed E-state index contributed by atoms with van der Waals surface area (Å²) in [4.78, 5) is 36.0. The number of ether oxygens (including phenoxy) is 2. The normalized spacial score (nSPS) is 11.6. The number of halogens is 1. The number of hydrogen-bond acceptors (Lipinski definition) is 6. The lowest BCUT2D eigenvalue weighted by Gasteiger charge is -2.15. The Morgan fingerprint density at radius 2 is 1.83 bits per heavy atom. The molecule has 3 N–H and O–H groups in total. The van der Waals surface area contributed by atoms with Crippen molar-refractivity contribution in [2.45, 2.75) is 47.1 Å². The number of nitrogens with one attached hydrogen (secondary N) is 3. The number of carbonyl (C=O) groups is 3. The number of benzene rings is 2. The predicted molar refractivity (Wildman–Crippen MR) is 136 cm³/mol. The molecule has 35 heavy (non-hydrogen) atoms. The number of hydrazone groups is 1.